The topological polar surface area (TPSA) is 20.3 Å². The number of alkyl halides is 1. The number of carbonyl (C=O) groups is 1. The summed E-state index contributed by atoms with van der Waals surface area (Å²) in [6, 6.07) is 0. The van der Waals surface area contributed by atoms with Crippen LogP contribution in [-0.2, 0) is 4.79 Å². The Kier molecular flexibility index (Phi) is 5.30. The van der Waals surface area contributed by atoms with Crippen molar-refractivity contribution in [1.29, 1.82) is 0 Å². The average molecular weight is 206 g/mol. The quantitative estimate of drug-likeness (QED) is 0.505. The summed E-state index contributed by atoms with van der Waals surface area (Å²) in [6.45, 7) is 2.70. The molecule has 0 saturated heterocycles. The van der Waals surface area contributed by atoms with Gasteiger partial charge in [-0.1, -0.05) is 22.0 Å². The Morgan fingerprint density at radius 3 is 2.70 bits per heavy atom. The van der Waals surface area contributed by atoms with Gasteiger partial charge in [-0.15, -0.1) is 0 Å². The van der Waals surface area contributed by atoms with Gasteiger partial charge in [-0.3, -0.25) is 4.79 Å². The minimum absolute atomic E-state index is 0.0574. The van der Waals surface area contributed by atoms with E-state index in [1.807, 2.05) is 6.92 Å². The summed E-state index contributed by atoms with van der Waals surface area (Å²) in [5.74, 6) is 0.0574. The van der Waals surface area contributed by atoms with Crippen LogP contribution in [0.1, 0.15) is 6.92 Å². The summed E-state index contributed by atoms with van der Waals surface area (Å²) in [6.07, 6.45) is 3.35. The molecule has 0 radical (unpaired) electrons. The summed E-state index contributed by atoms with van der Waals surface area (Å²) < 4.78 is 0. The maximum absolute atomic E-state index is 11.0. The molecular formula is C7H12BrNO. The number of hydrogen-bond acceptors (Lipinski definition) is 1. The second-order valence-electron chi connectivity index (χ2n) is 1.91. The van der Waals surface area contributed by atoms with E-state index < -0.39 is 0 Å². The Labute approximate surface area is 70.0 Å². The lowest BCUT2D eigenvalue weighted by atomic mass is 10.4. The van der Waals surface area contributed by atoms with Gasteiger partial charge < -0.3 is 4.90 Å². The maximum Gasteiger partial charge on any atom is 0.245 e. The van der Waals surface area contributed by atoms with Crippen molar-refractivity contribution in [1.82, 2.24) is 4.90 Å². The average Bonchev–Trinajstić information content (AvgIpc) is 1.98. The molecule has 0 heterocycles. The van der Waals surface area contributed by atoms with E-state index in [2.05, 4.69) is 15.9 Å². The fourth-order valence-electron chi connectivity index (χ4n) is 0.428. The third kappa shape index (κ3) is 3.67. The van der Waals surface area contributed by atoms with Crippen LogP contribution in [-0.4, -0.2) is 29.7 Å². The Bertz CT molecular complexity index is 134. The second kappa shape index (κ2) is 5.47. The Hall–Kier alpha value is -0.310. The number of allylic oxidation sites excluding steroid dienone is 1. The van der Waals surface area contributed by atoms with Crippen molar-refractivity contribution in [3.8, 4) is 0 Å². The zero-order valence-electron chi connectivity index (χ0n) is 6.30. The highest BCUT2D eigenvalue weighted by Crippen LogP contribution is 1.87. The van der Waals surface area contributed by atoms with E-state index in [0.717, 1.165) is 11.9 Å². The van der Waals surface area contributed by atoms with Gasteiger partial charge in [-0.25, -0.2) is 0 Å². The molecule has 0 aromatic heterocycles. The lowest BCUT2D eigenvalue weighted by Gasteiger charge is -2.10. The van der Waals surface area contributed by atoms with E-state index in [4.69, 9.17) is 0 Å². The van der Waals surface area contributed by atoms with E-state index in [1.54, 1.807) is 24.1 Å². The molecule has 0 aromatic rings. The van der Waals surface area contributed by atoms with Gasteiger partial charge in [-0.2, -0.15) is 0 Å². The molecule has 58 valence electrons. The van der Waals surface area contributed by atoms with Gasteiger partial charge in [0, 0.05) is 18.9 Å². The summed E-state index contributed by atoms with van der Waals surface area (Å²) in [5.41, 5.74) is 0. The van der Waals surface area contributed by atoms with Crippen LogP contribution in [0.4, 0.5) is 0 Å². The maximum atomic E-state index is 11.0. The lowest BCUT2D eigenvalue weighted by molar-refractivity contribution is -0.124. The smallest absolute Gasteiger partial charge is 0.245 e. The van der Waals surface area contributed by atoms with Crippen molar-refractivity contribution >= 4 is 21.8 Å². The van der Waals surface area contributed by atoms with Gasteiger partial charge >= 0.3 is 0 Å². The van der Waals surface area contributed by atoms with E-state index >= 15 is 0 Å². The number of hydrogen-bond donors (Lipinski definition) is 0. The number of likely N-dealkylation sites (N-methyl/N-ethyl adjacent to an activating group) is 1. The van der Waals surface area contributed by atoms with Crippen LogP contribution in [0.2, 0.25) is 0 Å². The first kappa shape index (κ1) is 9.69. The summed E-state index contributed by atoms with van der Waals surface area (Å²) >= 11 is 3.19. The highest BCUT2D eigenvalue weighted by molar-refractivity contribution is 9.09. The highest BCUT2D eigenvalue weighted by atomic mass is 79.9. The lowest BCUT2D eigenvalue weighted by Crippen LogP contribution is -2.23. The van der Waals surface area contributed by atoms with Crippen molar-refractivity contribution in [2.45, 2.75) is 6.92 Å². The molecular weight excluding hydrogens is 194 g/mol. The molecule has 0 rings (SSSR count). The molecule has 0 aliphatic carbocycles. The number of amides is 1. The standard InChI is InChI=1S/C7H12BrNO/c1-3-9(2)7(10)5-4-6-8/h4-5H,3,6H2,1-2H3/b5-4+. The van der Waals surface area contributed by atoms with Gasteiger partial charge in [0.05, 0.1) is 0 Å². The van der Waals surface area contributed by atoms with E-state index in [9.17, 15) is 4.79 Å². The molecule has 0 fully saturated rings. The number of rotatable bonds is 3. The summed E-state index contributed by atoms with van der Waals surface area (Å²) in [5, 5.41) is 0.732. The number of carbonyl (C=O) groups excluding carboxylic acids is 1. The second-order valence-corrected chi connectivity index (χ2v) is 2.56. The Morgan fingerprint density at radius 1 is 1.70 bits per heavy atom. The number of nitrogens with zero attached hydrogens (tertiary/aromatic N) is 1. The van der Waals surface area contributed by atoms with Crippen molar-refractivity contribution in [3.05, 3.63) is 12.2 Å². The summed E-state index contributed by atoms with van der Waals surface area (Å²) in [7, 11) is 1.78. The third-order valence-electron chi connectivity index (χ3n) is 1.20. The molecule has 0 N–H and O–H groups in total. The van der Waals surface area contributed by atoms with Crippen molar-refractivity contribution in [2.75, 3.05) is 18.9 Å². The van der Waals surface area contributed by atoms with Crippen molar-refractivity contribution in [3.63, 3.8) is 0 Å². The van der Waals surface area contributed by atoms with Crippen LogP contribution < -0.4 is 0 Å². The van der Waals surface area contributed by atoms with E-state index in [-0.39, 0.29) is 5.91 Å². The minimum Gasteiger partial charge on any atom is -0.343 e. The van der Waals surface area contributed by atoms with Crippen molar-refractivity contribution in [2.24, 2.45) is 0 Å². The zero-order chi connectivity index (χ0) is 7.98. The molecule has 2 nitrogen and oxygen atoms in total. The molecule has 0 aliphatic rings. The number of halogens is 1. The summed E-state index contributed by atoms with van der Waals surface area (Å²) in [4.78, 5) is 12.6. The van der Waals surface area contributed by atoms with Crippen LogP contribution in [0.15, 0.2) is 12.2 Å². The fourth-order valence-corrected chi connectivity index (χ4v) is 0.615. The van der Waals surface area contributed by atoms with Crippen LogP contribution in [0.3, 0.4) is 0 Å². The normalized spacial score (nSPS) is 10.3. The van der Waals surface area contributed by atoms with Gasteiger partial charge in [0.1, 0.15) is 0 Å². The van der Waals surface area contributed by atoms with Gasteiger partial charge in [-0.05, 0) is 13.0 Å². The molecule has 3 heteroatoms. The molecule has 1 amide bonds. The molecule has 0 spiro atoms. The molecule has 0 bridgehead atoms. The minimum atomic E-state index is 0.0574. The monoisotopic (exact) mass is 205 g/mol. The van der Waals surface area contributed by atoms with E-state index in [1.165, 1.54) is 0 Å². The van der Waals surface area contributed by atoms with E-state index in [0.29, 0.717) is 0 Å². The molecule has 0 saturated carbocycles. The first-order valence-electron chi connectivity index (χ1n) is 3.20. The Morgan fingerprint density at radius 2 is 2.30 bits per heavy atom. The van der Waals surface area contributed by atoms with Gasteiger partial charge in [0.2, 0.25) is 5.91 Å². The molecule has 10 heavy (non-hydrogen) atoms. The molecule has 0 unspecified atom stereocenters. The molecule has 0 aliphatic heterocycles. The van der Waals surface area contributed by atoms with Crippen LogP contribution in [0.5, 0.6) is 0 Å². The highest BCUT2D eigenvalue weighted by Gasteiger charge is 1.98. The first-order chi connectivity index (χ1) is 4.72. The predicted octanol–water partition coefficient (Wildman–Crippen LogP) is 1.42. The van der Waals surface area contributed by atoms with Crippen LogP contribution in [0.25, 0.3) is 0 Å². The van der Waals surface area contributed by atoms with Gasteiger partial charge in [0.15, 0.2) is 0 Å². The van der Waals surface area contributed by atoms with Crippen LogP contribution in [0, 0.1) is 0 Å². The zero-order valence-corrected chi connectivity index (χ0v) is 7.89. The molecule has 0 atom stereocenters. The fraction of sp³-hybridized carbons (Fsp3) is 0.571. The molecule has 0 aromatic carbocycles. The third-order valence-corrected chi connectivity index (χ3v) is 1.57. The SMILES string of the molecule is CCN(C)C(=O)/C=C/CBr. The first-order valence-corrected chi connectivity index (χ1v) is 4.32. The predicted molar refractivity (Wildman–Crippen MR) is 46.2 cm³/mol. The van der Waals surface area contributed by atoms with Crippen LogP contribution >= 0.6 is 15.9 Å². The van der Waals surface area contributed by atoms with Gasteiger partial charge in [0.25, 0.3) is 0 Å². The van der Waals surface area contributed by atoms with Crippen molar-refractivity contribution < 1.29 is 4.79 Å². The Balaban J connectivity index is 3.72. The largest absolute Gasteiger partial charge is 0.343 e.